The zero-order valence-corrected chi connectivity index (χ0v) is 13.4. The van der Waals surface area contributed by atoms with E-state index in [2.05, 4.69) is 30.3 Å². The summed E-state index contributed by atoms with van der Waals surface area (Å²) in [5.41, 5.74) is 1.67. The Morgan fingerprint density at radius 1 is 1.20 bits per heavy atom. The van der Waals surface area contributed by atoms with Gasteiger partial charge in [-0.3, -0.25) is 9.78 Å². The number of nitrogens with one attached hydrogen (secondary N) is 1. The lowest BCUT2D eigenvalue weighted by Gasteiger charge is -2.17. The number of aromatic nitrogens is 4. The quantitative estimate of drug-likeness (QED) is 0.781. The first-order valence-electron chi connectivity index (χ1n) is 8.05. The molecule has 0 bridgehead atoms. The first-order valence-corrected chi connectivity index (χ1v) is 8.05. The molecule has 3 aromatic rings. The van der Waals surface area contributed by atoms with Crippen molar-refractivity contribution in [2.75, 3.05) is 23.3 Å². The highest BCUT2D eigenvalue weighted by molar-refractivity contribution is 6.07. The van der Waals surface area contributed by atoms with Gasteiger partial charge in [0, 0.05) is 43.3 Å². The Bertz CT molecular complexity index is 860. The minimum Gasteiger partial charge on any atom is -0.363 e. The third kappa shape index (κ3) is 3.18. The van der Waals surface area contributed by atoms with Crippen molar-refractivity contribution in [1.82, 2.24) is 20.1 Å². The molecule has 126 valence electrons. The normalized spacial score (nSPS) is 13.8. The van der Waals surface area contributed by atoms with Gasteiger partial charge in [0.25, 0.3) is 5.91 Å². The Kier molecular flexibility index (Phi) is 4.07. The van der Waals surface area contributed by atoms with Gasteiger partial charge in [-0.05, 0) is 25.0 Å². The van der Waals surface area contributed by atoms with E-state index in [0.717, 1.165) is 31.5 Å². The second-order valence-electron chi connectivity index (χ2n) is 5.71. The molecule has 25 heavy (non-hydrogen) atoms. The second-order valence-corrected chi connectivity index (χ2v) is 5.71. The van der Waals surface area contributed by atoms with Crippen molar-refractivity contribution in [2.45, 2.75) is 12.8 Å². The number of amides is 1. The van der Waals surface area contributed by atoms with Crippen LogP contribution in [0.5, 0.6) is 0 Å². The van der Waals surface area contributed by atoms with Gasteiger partial charge in [-0.25, -0.2) is 9.97 Å². The van der Waals surface area contributed by atoms with E-state index < -0.39 is 0 Å². The average Bonchev–Trinajstić information content (AvgIpc) is 3.36. The molecular formula is C17H16N6O2. The van der Waals surface area contributed by atoms with Gasteiger partial charge in [-0.1, -0.05) is 5.16 Å². The molecule has 0 spiro atoms. The molecule has 1 saturated heterocycles. The van der Waals surface area contributed by atoms with Crippen molar-refractivity contribution in [3.05, 3.63) is 48.6 Å². The molecule has 0 atom stereocenters. The zero-order valence-electron chi connectivity index (χ0n) is 13.4. The van der Waals surface area contributed by atoms with Crippen molar-refractivity contribution in [1.29, 1.82) is 0 Å². The highest BCUT2D eigenvalue weighted by atomic mass is 16.5. The van der Waals surface area contributed by atoms with Crippen molar-refractivity contribution >= 4 is 17.7 Å². The Hall–Kier alpha value is -3.29. The predicted octanol–water partition coefficient (Wildman–Crippen LogP) is 2.38. The largest absolute Gasteiger partial charge is 0.363 e. The summed E-state index contributed by atoms with van der Waals surface area (Å²) in [5, 5.41) is 6.38. The topological polar surface area (TPSA) is 97.0 Å². The van der Waals surface area contributed by atoms with Gasteiger partial charge < -0.3 is 14.7 Å². The lowest BCUT2D eigenvalue weighted by molar-refractivity contribution is 0.102. The first kappa shape index (κ1) is 15.3. The van der Waals surface area contributed by atoms with Gasteiger partial charge in [-0.2, -0.15) is 0 Å². The molecule has 1 aliphatic rings. The molecule has 1 N–H and O–H groups in total. The maximum absolute atomic E-state index is 12.6. The number of carbonyl (C=O) groups excluding carboxylic acids is 1. The molecule has 1 amide bonds. The third-order valence-electron chi connectivity index (χ3n) is 4.02. The molecule has 0 radical (unpaired) electrons. The summed E-state index contributed by atoms with van der Waals surface area (Å²) in [6, 6.07) is 5.25. The maximum Gasteiger partial charge on any atom is 0.260 e. The van der Waals surface area contributed by atoms with Gasteiger partial charge >= 0.3 is 0 Å². The molecule has 0 aromatic carbocycles. The van der Waals surface area contributed by atoms with Gasteiger partial charge in [-0.15, -0.1) is 0 Å². The lowest BCUT2D eigenvalue weighted by Crippen LogP contribution is -2.22. The van der Waals surface area contributed by atoms with Gasteiger partial charge in [0.05, 0.1) is 11.3 Å². The van der Waals surface area contributed by atoms with E-state index in [1.165, 1.54) is 6.26 Å². The van der Waals surface area contributed by atoms with E-state index in [-0.39, 0.29) is 5.91 Å². The van der Waals surface area contributed by atoms with Crippen molar-refractivity contribution in [2.24, 2.45) is 0 Å². The summed E-state index contributed by atoms with van der Waals surface area (Å²) >= 11 is 0. The Labute approximate surface area is 143 Å². The zero-order chi connectivity index (χ0) is 17.1. The van der Waals surface area contributed by atoms with Crippen molar-refractivity contribution in [3.63, 3.8) is 0 Å². The van der Waals surface area contributed by atoms with Crippen LogP contribution in [-0.4, -0.2) is 39.1 Å². The number of hydrogen-bond acceptors (Lipinski definition) is 7. The standard InChI is InChI=1S/C17H16N6O2/c24-16(20-14-5-9-25-22-14)13-11-19-17(23-7-1-2-8-23)21-15(13)12-4-3-6-18-10-12/h3-6,9-11H,1-2,7-8H2,(H,20,22,24). The van der Waals surface area contributed by atoms with Crippen LogP contribution < -0.4 is 10.2 Å². The Balaban J connectivity index is 1.73. The molecule has 1 fully saturated rings. The molecule has 1 aliphatic heterocycles. The van der Waals surface area contributed by atoms with E-state index in [4.69, 9.17) is 4.52 Å². The molecular weight excluding hydrogens is 320 g/mol. The van der Waals surface area contributed by atoms with E-state index in [0.29, 0.717) is 23.0 Å². The SMILES string of the molecule is O=C(Nc1ccon1)c1cnc(N2CCCC2)nc1-c1cccnc1. The number of rotatable bonds is 4. The summed E-state index contributed by atoms with van der Waals surface area (Å²) in [6.07, 6.45) is 8.56. The minimum atomic E-state index is -0.347. The number of anilines is 2. The molecule has 8 nitrogen and oxygen atoms in total. The summed E-state index contributed by atoms with van der Waals surface area (Å²) in [6.45, 7) is 1.86. The van der Waals surface area contributed by atoms with Crippen LogP contribution in [0.3, 0.4) is 0 Å². The lowest BCUT2D eigenvalue weighted by atomic mass is 10.1. The number of pyridine rings is 1. The number of nitrogens with zero attached hydrogens (tertiary/aromatic N) is 5. The summed E-state index contributed by atoms with van der Waals surface area (Å²) < 4.78 is 4.74. The van der Waals surface area contributed by atoms with Gasteiger partial charge in [0.2, 0.25) is 5.95 Å². The van der Waals surface area contributed by atoms with Crippen LogP contribution in [0.15, 0.2) is 47.6 Å². The predicted molar refractivity (Wildman–Crippen MR) is 91.2 cm³/mol. The fraction of sp³-hybridized carbons (Fsp3) is 0.235. The third-order valence-corrected chi connectivity index (χ3v) is 4.02. The van der Waals surface area contributed by atoms with Gasteiger partial charge in [0.1, 0.15) is 6.26 Å². The molecule has 0 unspecified atom stereocenters. The highest BCUT2D eigenvalue weighted by Crippen LogP contribution is 2.25. The van der Waals surface area contributed by atoms with Crippen LogP contribution in [0, 0.1) is 0 Å². The highest BCUT2D eigenvalue weighted by Gasteiger charge is 2.21. The van der Waals surface area contributed by atoms with Crippen LogP contribution in [0.4, 0.5) is 11.8 Å². The van der Waals surface area contributed by atoms with Gasteiger partial charge in [0.15, 0.2) is 5.82 Å². The molecule has 0 saturated carbocycles. The van der Waals surface area contributed by atoms with E-state index in [9.17, 15) is 4.79 Å². The molecule has 4 rings (SSSR count). The minimum absolute atomic E-state index is 0.339. The Morgan fingerprint density at radius 2 is 2.08 bits per heavy atom. The fourth-order valence-corrected chi connectivity index (χ4v) is 2.79. The average molecular weight is 336 g/mol. The summed E-state index contributed by atoms with van der Waals surface area (Å²) in [7, 11) is 0. The van der Waals surface area contributed by atoms with E-state index in [1.807, 2.05) is 12.1 Å². The number of carbonyl (C=O) groups is 1. The van der Waals surface area contributed by atoms with Crippen LogP contribution in [-0.2, 0) is 0 Å². The molecule has 3 aromatic heterocycles. The first-order chi connectivity index (χ1) is 12.3. The van der Waals surface area contributed by atoms with E-state index in [1.54, 1.807) is 24.7 Å². The smallest absolute Gasteiger partial charge is 0.260 e. The monoisotopic (exact) mass is 336 g/mol. The molecule has 0 aliphatic carbocycles. The molecule has 8 heteroatoms. The van der Waals surface area contributed by atoms with Crippen LogP contribution in [0.25, 0.3) is 11.3 Å². The summed E-state index contributed by atoms with van der Waals surface area (Å²) in [5.74, 6) is 0.626. The second kappa shape index (κ2) is 6.68. The fourth-order valence-electron chi connectivity index (χ4n) is 2.79. The van der Waals surface area contributed by atoms with Crippen LogP contribution >= 0.6 is 0 Å². The van der Waals surface area contributed by atoms with Crippen LogP contribution in [0.2, 0.25) is 0 Å². The Morgan fingerprint density at radius 3 is 2.80 bits per heavy atom. The van der Waals surface area contributed by atoms with Crippen LogP contribution in [0.1, 0.15) is 23.2 Å². The molecule has 4 heterocycles. The maximum atomic E-state index is 12.6. The number of hydrogen-bond donors (Lipinski definition) is 1. The van der Waals surface area contributed by atoms with Crippen molar-refractivity contribution in [3.8, 4) is 11.3 Å². The van der Waals surface area contributed by atoms with E-state index >= 15 is 0 Å². The summed E-state index contributed by atoms with van der Waals surface area (Å²) in [4.78, 5) is 27.9. The van der Waals surface area contributed by atoms with Crippen molar-refractivity contribution < 1.29 is 9.32 Å².